The van der Waals surface area contributed by atoms with Gasteiger partial charge in [-0.2, -0.15) is 10.2 Å². The van der Waals surface area contributed by atoms with Crippen LogP contribution >= 0.6 is 0 Å². The van der Waals surface area contributed by atoms with Crippen molar-refractivity contribution >= 4 is 11.7 Å². The Hall–Kier alpha value is -2.60. The molecule has 0 saturated carbocycles. The smallest absolute Gasteiger partial charge is 0.316 e. The minimum absolute atomic E-state index is 0.0191. The van der Waals surface area contributed by atoms with E-state index in [1.165, 1.54) is 12.3 Å². The van der Waals surface area contributed by atoms with Gasteiger partial charge in [-0.05, 0) is 18.9 Å². The Balaban J connectivity index is 1.74. The van der Waals surface area contributed by atoms with E-state index in [0.29, 0.717) is 31.7 Å². The molecule has 8 nitrogen and oxygen atoms in total. The SMILES string of the molecule is N#CC1(COc2nccc(C3=NC(N)=NCC3F)n2)CCOCC1. The van der Waals surface area contributed by atoms with E-state index < -0.39 is 11.6 Å². The zero-order valence-corrected chi connectivity index (χ0v) is 13.0. The maximum absolute atomic E-state index is 14.0. The van der Waals surface area contributed by atoms with Crippen molar-refractivity contribution < 1.29 is 13.9 Å². The van der Waals surface area contributed by atoms with Gasteiger partial charge in [-0.3, -0.25) is 0 Å². The average molecular weight is 332 g/mol. The van der Waals surface area contributed by atoms with Crippen molar-refractivity contribution in [3.8, 4) is 12.1 Å². The van der Waals surface area contributed by atoms with E-state index in [1.54, 1.807) is 0 Å². The molecule has 1 fully saturated rings. The molecule has 3 heterocycles. The second-order valence-electron chi connectivity index (χ2n) is 5.68. The van der Waals surface area contributed by atoms with Gasteiger partial charge in [0.2, 0.25) is 5.96 Å². The Morgan fingerprint density at radius 1 is 1.46 bits per heavy atom. The van der Waals surface area contributed by atoms with Crippen LogP contribution in [0.2, 0.25) is 0 Å². The Bertz CT molecular complexity index is 708. The summed E-state index contributed by atoms with van der Waals surface area (Å²) in [6.45, 7) is 1.13. The maximum Gasteiger partial charge on any atom is 0.316 e. The lowest BCUT2D eigenvalue weighted by Gasteiger charge is -2.29. The number of nitriles is 1. The van der Waals surface area contributed by atoms with Crippen molar-refractivity contribution in [3.05, 3.63) is 18.0 Å². The zero-order chi connectivity index (χ0) is 17.0. The number of ether oxygens (including phenoxy) is 2. The number of alkyl halides is 1. The maximum atomic E-state index is 14.0. The lowest BCUT2D eigenvalue weighted by atomic mass is 9.83. The topological polar surface area (TPSA) is 119 Å². The van der Waals surface area contributed by atoms with Crippen LogP contribution in [0.4, 0.5) is 4.39 Å². The van der Waals surface area contributed by atoms with Crippen LogP contribution in [-0.2, 0) is 4.74 Å². The van der Waals surface area contributed by atoms with Crippen molar-refractivity contribution in [2.75, 3.05) is 26.4 Å². The number of rotatable bonds is 4. The Kier molecular flexibility index (Phi) is 4.66. The summed E-state index contributed by atoms with van der Waals surface area (Å²) >= 11 is 0. The summed E-state index contributed by atoms with van der Waals surface area (Å²) in [7, 11) is 0. The van der Waals surface area contributed by atoms with Gasteiger partial charge < -0.3 is 15.2 Å². The van der Waals surface area contributed by atoms with Crippen molar-refractivity contribution in [3.63, 3.8) is 0 Å². The third-order valence-corrected chi connectivity index (χ3v) is 4.01. The Morgan fingerprint density at radius 2 is 2.25 bits per heavy atom. The van der Waals surface area contributed by atoms with Crippen LogP contribution in [0.3, 0.4) is 0 Å². The third kappa shape index (κ3) is 3.49. The molecule has 0 radical (unpaired) electrons. The molecule has 1 aromatic rings. The number of guanidine groups is 1. The highest BCUT2D eigenvalue weighted by Crippen LogP contribution is 2.30. The van der Waals surface area contributed by atoms with E-state index in [1.807, 2.05) is 0 Å². The molecule has 0 aliphatic carbocycles. The predicted molar refractivity (Wildman–Crippen MR) is 83.5 cm³/mol. The van der Waals surface area contributed by atoms with Crippen molar-refractivity contribution in [2.45, 2.75) is 19.0 Å². The number of halogens is 1. The number of aromatic nitrogens is 2. The van der Waals surface area contributed by atoms with E-state index in [0.717, 1.165) is 0 Å². The van der Waals surface area contributed by atoms with Crippen molar-refractivity contribution in [1.82, 2.24) is 9.97 Å². The van der Waals surface area contributed by atoms with Gasteiger partial charge in [0.1, 0.15) is 12.3 Å². The number of hydrogen-bond acceptors (Lipinski definition) is 8. The van der Waals surface area contributed by atoms with Gasteiger partial charge in [-0.1, -0.05) is 0 Å². The van der Waals surface area contributed by atoms with E-state index in [4.69, 9.17) is 15.2 Å². The van der Waals surface area contributed by atoms with Crippen LogP contribution < -0.4 is 10.5 Å². The van der Waals surface area contributed by atoms with E-state index >= 15 is 0 Å². The molecule has 2 aliphatic rings. The monoisotopic (exact) mass is 332 g/mol. The summed E-state index contributed by atoms with van der Waals surface area (Å²) in [5.74, 6) is 0.0191. The predicted octanol–water partition coefficient (Wildman–Crippen LogP) is 0.631. The normalized spacial score (nSPS) is 22.9. The first kappa shape index (κ1) is 16.3. The van der Waals surface area contributed by atoms with E-state index in [9.17, 15) is 9.65 Å². The highest BCUT2D eigenvalue weighted by Gasteiger charge is 2.34. The van der Waals surface area contributed by atoms with Crippen molar-refractivity contribution in [2.24, 2.45) is 21.1 Å². The molecule has 0 aromatic carbocycles. The minimum atomic E-state index is -1.37. The van der Waals surface area contributed by atoms with Gasteiger partial charge in [-0.25, -0.2) is 19.4 Å². The molecule has 0 bridgehead atoms. The molecule has 0 amide bonds. The molecule has 1 unspecified atom stereocenters. The number of nitrogens with zero attached hydrogens (tertiary/aromatic N) is 5. The molecule has 24 heavy (non-hydrogen) atoms. The number of aliphatic imine (C=N–C) groups is 2. The second kappa shape index (κ2) is 6.88. The largest absolute Gasteiger partial charge is 0.462 e. The molecule has 9 heteroatoms. The summed E-state index contributed by atoms with van der Waals surface area (Å²) < 4.78 is 24.9. The number of nitrogens with two attached hydrogens (primary N) is 1. The Morgan fingerprint density at radius 3 is 3.00 bits per heavy atom. The highest BCUT2D eigenvalue weighted by molar-refractivity contribution is 6.09. The summed E-state index contributed by atoms with van der Waals surface area (Å²) in [6.07, 6.45) is 1.27. The second-order valence-corrected chi connectivity index (χ2v) is 5.68. The molecule has 1 saturated heterocycles. The quantitative estimate of drug-likeness (QED) is 0.864. The fraction of sp³-hybridized carbons (Fsp3) is 0.533. The van der Waals surface area contributed by atoms with Gasteiger partial charge in [0.15, 0.2) is 6.17 Å². The molecule has 3 rings (SSSR count). The summed E-state index contributed by atoms with van der Waals surface area (Å²) in [5, 5.41) is 9.42. The Labute approximate surface area is 138 Å². The molecule has 2 aliphatic heterocycles. The lowest BCUT2D eigenvalue weighted by Crippen LogP contribution is -2.34. The van der Waals surface area contributed by atoms with Gasteiger partial charge in [0.05, 0.1) is 23.7 Å². The number of hydrogen-bond donors (Lipinski definition) is 1. The van der Waals surface area contributed by atoms with Crippen LogP contribution in [0, 0.1) is 16.7 Å². The standard InChI is InChI=1S/C15H17FN6O2/c16-10-7-20-13(18)22-12(10)11-1-4-19-14(21-11)24-9-15(8-17)2-5-23-6-3-15/h1,4,10H,2-3,5-7,9H2,(H2,18,20). The fourth-order valence-electron chi connectivity index (χ4n) is 2.51. The third-order valence-electron chi connectivity index (χ3n) is 4.01. The molecule has 0 spiro atoms. The highest BCUT2D eigenvalue weighted by atomic mass is 19.1. The fourth-order valence-corrected chi connectivity index (χ4v) is 2.51. The minimum Gasteiger partial charge on any atom is -0.462 e. The van der Waals surface area contributed by atoms with Gasteiger partial charge in [0.25, 0.3) is 0 Å². The summed E-state index contributed by atoms with van der Waals surface area (Å²) in [6, 6.07) is 3.91. The average Bonchev–Trinajstić information content (AvgIpc) is 2.63. The van der Waals surface area contributed by atoms with Gasteiger partial charge in [-0.15, -0.1) is 0 Å². The molecule has 1 aromatic heterocycles. The van der Waals surface area contributed by atoms with Crippen LogP contribution in [0.25, 0.3) is 0 Å². The first-order chi connectivity index (χ1) is 11.6. The van der Waals surface area contributed by atoms with Crippen LogP contribution in [0.15, 0.2) is 22.2 Å². The van der Waals surface area contributed by atoms with Crippen LogP contribution in [-0.4, -0.2) is 54.2 Å². The molecular weight excluding hydrogens is 315 g/mol. The van der Waals surface area contributed by atoms with Gasteiger partial charge >= 0.3 is 6.01 Å². The first-order valence-electron chi connectivity index (χ1n) is 7.60. The summed E-state index contributed by atoms with van der Waals surface area (Å²) in [4.78, 5) is 15.8. The first-order valence-corrected chi connectivity index (χ1v) is 7.60. The molecular formula is C15H17FN6O2. The van der Waals surface area contributed by atoms with E-state index in [-0.39, 0.29) is 30.8 Å². The zero-order valence-electron chi connectivity index (χ0n) is 13.0. The lowest BCUT2D eigenvalue weighted by molar-refractivity contribution is 0.0174. The van der Waals surface area contributed by atoms with Crippen molar-refractivity contribution in [1.29, 1.82) is 5.26 Å². The summed E-state index contributed by atoms with van der Waals surface area (Å²) in [5.41, 5.74) is 5.32. The molecule has 2 N–H and O–H groups in total. The van der Waals surface area contributed by atoms with Crippen LogP contribution in [0.5, 0.6) is 6.01 Å². The van der Waals surface area contributed by atoms with Gasteiger partial charge in [0, 0.05) is 19.4 Å². The van der Waals surface area contributed by atoms with Crippen LogP contribution in [0.1, 0.15) is 18.5 Å². The van der Waals surface area contributed by atoms with E-state index in [2.05, 4.69) is 26.0 Å². The molecule has 1 atom stereocenters. The molecule has 126 valence electrons.